The number of fused-ring (bicyclic) bond motifs is 1. The summed E-state index contributed by atoms with van der Waals surface area (Å²) in [5.74, 6) is 0. The zero-order chi connectivity index (χ0) is 13.9. The van der Waals surface area contributed by atoms with Crippen LogP contribution in [0.25, 0.3) is 10.9 Å². The third-order valence-electron chi connectivity index (χ3n) is 3.37. The second-order valence-electron chi connectivity index (χ2n) is 4.75. The molecule has 1 atom stereocenters. The minimum Gasteiger partial charge on any atom is -0.349 e. The van der Waals surface area contributed by atoms with Crippen LogP contribution in [0.3, 0.4) is 0 Å². The van der Waals surface area contributed by atoms with Gasteiger partial charge in [-0.25, -0.2) is 0 Å². The highest BCUT2D eigenvalue weighted by molar-refractivity contribution is 7.99. The average molecular weight is 283 g/mol. The summed E-state index contributed by atoms with van der Waals surface area (Å²) in [6.45, 7) is 2.10. The van der Waals surface area contributed by atoms with E-state index in [4.69, 9.17) is 0 Å². The smallest absolute Gasteiger partial charge is 0.0781 e. The molecule has 0 amide bonds. The first-order valence-electron chi connectivity index (χ1n) is 6.65. The van der Waals surface area contributed by atoms with Crippen LogP contribution in [-0.4, -0.2) is 17.0 Å². The molecule has 0 aliphatic heterocycles. The van der Waals surface area contributed by atoms with E-state index in [9.17, 15) is 0 Å². The Morgan fingerprint density at radius 2 is 2.05 bits per heavy atom. The number of rotatable bonds is 4. The van der Waals surface area contributed by atoms with Gasteiger partial charge in [-0.3, -0.25) is 4.98 Å². The first-order valence-corrected chi connectivity index (χ1v) is 7.47. The van der Waals surface area contributed by atoms with Crippen LogP contribution in [0, 0.1) is 0 Å². The van der Waals surface area contributed by atoms with Crippen molar-refractivity contribution in [3.63, 3.8) is 0 Å². The molecule has 0 bridgehead atoms. The Morgan fingerprint density at radius 3 is 2.75 bits per heavy atom. The maximum Gasteiger partial charge on any atom is 0.0781 e. The summed E-state index contributed by atoms with van der Waals surface area (Å²) >= 11 is 1.70. The Hall–Kier alpha value is -1.78. The van der Waals surface area contributed by atoms with E-state index in [0.29, 0.717) is 0 Å². The molecule has 0 fully saturated rings. The average Bonchev–Trinajstić information content (AvgIpc) is 2.89. The molecule has 0 aliphatic rings. The van der Waals surface area contributed by atoms with Gasteiger partial charge in [-0.1, -0.05) is 30.0 Å². The molecule has 4 heteroatoms. The molecule has 0 radical (unpaired) electrons. The summed E-state index contributed by atoms with van der Waals surface area (Å²) in [5.41, 5.74) is 2.23. The van der Waals surface area contributed by atoms with E-state index in [1.807, 2.05) is 19.3 Å². The topological polar surface area (TPSA) is 40.7 Å². The summed E-state index contributed by atoms with van der Waals surface area (Å²) in [6, 6.07) is 15.0. The van der Waals surface area contributed by atoms with Gasteiger partial charge in [0.1, 0.15) is 0 Å². The highest BCUT2D eigenvalue weighted by atomic mass is 32.2. The Balaban J connectivity index is 1.80. The highest BCUT2D eigenvalue weighted by Gasteiger charge is 2.06. The molecular formula is C16H17N3S. The SMILES string of the molecule is CNC(C)c1ccc(Sc2cc3ccccc3[nH]2)cn1. The molecule has 0 aliphatic carbocycles. The first-order chi connectivity index (χ1) is 9.76. The number of pyridine rings is 1. The number of aromatic amines is 1. The minimum absolute atomic E-state index is 0.280. The Labute approximate surface area is 122 Å². The summed E-state index contributed by atoms with van der Waals surface area (Å²) in [4.78, 5) is 9.06. The van der Waals surface area contributed by atoms with Gasteiger partial charge in [-0.05, 0) is 38.2 Å². The molecule has 0 saturated carbocycles. The van der Waals surface area contributed by atoms with Gasteiger partial charge in [-0.15, -0.1) is 0 Å². The molecule has 0 spiro atoms. The van der Waals surface area contributed by atoms with E-state index in [-0.39, 0.29) is 6.04 Å². The summed E-state index contributed by atoms with van der Waals surface area (Å²) < 4.78 is 0. The highest BCUT2D eigenvalue weighted by Crippen LogP contribution is 2.29. The fraction of sp³-hybridized carbons (Fsp3) is 0.188. The molecule has 2 N–H and O–H groups in total. The van der Waals surface area contributed by atoms with Crippen LogP contribution >= 0.6 is 11.8 Å². The van der Waals surface area contributed by atoms with Crippen molar-refractivity contribution < 1.29 is 0 Å². The van der Waals surface area contributed by atoms with Gasteiger partial charge in [0.2, 0.25) is 0 Å². The zero-order valence-electron chi connectivity index (χ0n) is 11.6. The predicted octanol–water partition coefficient (Wildman–Crippen LogP) is 3.99. The third kappa shape index (κ3) is 2.71. The van der Waals surface area contributed by atoms with Crippen LogP contribution in [0.4, 0.5) is 0 Å². The van der Waals surface area contributed by atoms with Gasteiger partial charge in [0.05, 0.1) is 10.7 Å². The molecule has 3 rings (SSSR count). The Kier molecular flexibility index (Phi) is 3.76. The molecule has 20 heavy (non-hydrogen) atoms. The van der Waals surface area contributed by atoms with Gasteiger partial charge in [-0.2, -0.15) is 0 Å². The van der Waals surface area contributed by atoms with E-state index < -0.39 is 0 Å². The van der Waals surface area contributed by atoms with E-state index in [1.54, 1.807) is 11.8 Å². The monoisotopic (exact) mass is 283 g/mol. The fourth-order valence-corrected chi connectivity index (χ4v) is 2.93. The van der Waals surface area contributed by atoms with Crippen molar-refractivity contribution in [2.45, 2.75) is 22.9 Å². The van der Waals surface area contributed by atoms with Gasteiger partial charge in [0, 0.05) is 28.0 Å². The van der Waals surface area contributed by atoms with Crippen molar-refractivity contribution in [3.8, 4) is 0 Å². The Bertz CT molecular complexity index is 670. The quantitative estimate of drug-likeness (QED) is 0.760. The minimum atomic E-state index is 0.280. The second kappa shape index (κ2) is 5.69. The van der Waals surface area contributed by atoms with Gasteiger partial charge in [0.25, 0.3) is 0 Å². The summed E-state index contributed by atoms with van der Waals surface area (Å²) in [5, 5.41) is 5.57. The van der Waals surface area contributed by atoms with E-state index in [1.165, 1.54) is 10.9 Å². The van der Waals surface area contributed by atoms with Crippen LogP contribution in [0.15, 0.2) is 58.6 Å². The second-order valence-corrected chi connectivity index (χ2v) is 5.87. The number of nitrogens with zero attached hydrogens (tertiary/aromatic N) is 1. The number of benzene rings is 1. The van der Waals surface area contributed by atoms with Gasteiger partial charge >= 0.3 is 0 Å². The summed E-state index contributed by atoms with van der Waals surface area (Å²) in [6.07, 6.45) is 1.93. The maximum absolute atomic E-state index is 4.50. The zero-order valence-corrected chi connectivity index (χ0v) is 12.4. The van der Waals surface area contributed by atoms with Crippen LogP contribution in [0.2, 0.25) is 0 Å². The van der Waals surface area contributed by atoms with Crippen molar-refractivity contribution in [1.82, 2.24) is 15.3 Å². The van der Waals surface area contributed by atoms with E-state index in [0.717, 1.165) is 15.6 Å². The molecular weight excluding hydrogens is 266 g/mol. The number of hydrogen-bond donors (Lipinski definition) is 2. The number of hydrogen-bond acceptors (Lipinski definition) is 3. The lowest BCUT2D eigenvalue weighted by atomic mass is 10.2. The van der Waals surface area contributed by atoms with E-state index in [2.05, 4.69) is 58.6 Å². The van der Waals surface area contributed by atoms with Crippen LogP contribution < -0.4 is 5.32 Å². The molecule has 2 aromatic heterocycles. The van der Waals surface area contributed by atoms with Crippen molar-refractivity contribution in [3.05, 3.63) is 54.4 Å². The van der Waals surface area contributed by atoms with Crippen molar-refractivity contribution in [2.24, 2.45) is 0 Å². The number of aromatic nitrogens is 2. The van der Waals surface area contributed by atoms with Crippen molar-refractivity contribution >= 4 is 22.7 Å². The molecule has 3 nitrogen and oxygen atoms in total. The summed E-state index contributed by atoms with van der Waals surface area (Å²) in [7, 11) is 1.94. The predicted molar refractivity (Wildman–Crippen MR) is 84.1 cm³/mol. The molecule has 102 valence electrons. The van der Waals surface area contributed by atoms with Crippen LogP contribution in [0.1, 0.15) is 18.7 Å². The molecule has 2 heterocycles. The van der Waals surface area contributed by atoms with Crippen LogP contribution in [0.5, 0.6) is 0 Å². The van der Waals surface area contributed by atoms with Crippen LogP contribution in [-0.2, 0) is 0 Å². The lowest BCUT2D eigenvalue weighted by molar-refractivity contribution is 0.631. The maximum atomic E-state index is 4.50. The number of H-pyrrole nitrogens is 1. The van der Waals surface area contributed by atoms with Crippen molar-refractivity contribution in [1.29, 1.82) is 0 Å². The largest absolute Gasteiger partial charge is 0.349 e. The first kappa shape index (κ1) is 13.2. The molecule has 1 unspecified atom stereocenters. The number of nitrogens with one attached hydrogen (secondary N) is 2. The standard InChI is InChI=1S/C16H17N3S/c1-11(17-2)14-8-7-13(10-18-14)20-16-9-12-5-3-4-6-15(12)19-16/h3-11,17,19H,1-2H3. The molecule has 0 saturated heterocycles. The molecule has 3 aromatic rings. The Morgan fingerprint density at radius 1 is 1.20 bits per heavy atom. The lowest BCUT2D eigenvalue weighted by Gasteiger charge is -2.09. The van der Waals surface area contributed by atoms with Gasteiger partial charge < -0.3 is 10.3 Å². The number of para-hydroxylation sites is 1. The van der Waals surface area contributed by atoms with Gasteiger partial charge in [0.15, 0.2) is 0 Å². The normalized spacial score (nSPS) is 12.7. The lowest BCUT2D eigenvalue weighted by Crippen LogP contribution is -2.13. The fourth-order valence-electron chi connectivity index (χ4n) is 2.08. The van der Waals surface area contributed by atoms with Crippen molar-refractivity contribution in [2.75, 3.05) is 7.05 Å². The molecule has 1 aromatic carbocycles. The van der Waals surface area contributed by atoms with E-state index >= 15 is 0 Å². The third-order valence-corrected chi connectivity index (χ3v) is 4.29.